The predicted octanol–water partition coefficient (Wildman–Crippen LogP) is 3.81. The Balaban J connectivity index is 2.82. The molecule has 112 valence electrons. The summed E-state index contributed by atoms with van der Waals surface area (Å²) in [5, 5.41) is 2.26. The third-order valence-corrected chi connectivity index (χ3v) is 2.92. The molecule has 1 unspecified atom stereocenters. The van der Waals surface area contributed by atoms with Crippen LogP contribution < -0.4 is 11.1 Å². The number of hydrogen-bond acceptors (Lipinski definition) is 2. The van der Waals surface area contributed by atoms with E-state index in [1.807, 2.05) is 6.92 Å². The standard InChI is InChI=1S/C13H16ClF3N2O/c1-2-3-4-11(18)12(20)19-10-6-8(13(15,16)17)5-9(14)7-10/h5-7,11H,2-4,18H2,1H3,(H,19,20). The van der Waals surface area contributed by atoms with Crippen LogP contribution >= 0.6 is 11.6 Å². The maximum absolute atomic E-state index is 12.6. The monoisotopic (exact) mass is 308 g/mol. The van der Waals surface area contributed by atoms with Crippen molar-refractivity contribution in [2.45, 2.75) is 38.4 Å². The molecular formula is C13H16ClF3N2O. The van der Waals surface area contributed by atoms with Crippen molar-refractivity contribution in [1.82, 2.24) is 0 Å². The topological polar surface area (TPSA) is 55.1 Å². The Morgan fingerprint density at radius 1 is 1.40 bits per heavy atom. The Kier molecular flexibility index (Phi) is 5.83. The predicted molar refractivity (Wildman–Crippen MR) is 72.6 cm³/mol. The smallest absolute Gasteiger partial charge is 0.325 e. The van der Waals surface area contributed by atoms with Crippen LogP contribution in [0.15, 0.2) is 18.2 Å². The lowest BCUT2D eigenvalue weighted by Crippen LogP contribution is -2.35. The number of unbranched alkanes of at least 4 members (excludes halogenated alkanes) is 1. The molecule has 0 aliphatic rings. The zero-order valence-electron chi connectivity index (χ0n) is 10.9. The van der Waals surface area contributed by atoms with E-state index in [-0.39, 0.29) is 10.7 Å². The Bertz CT molecular complexity index is 477. The molecular weight excluding hydrogens is 293 g/mol. The van der Waals surface area contributed by atoms with E-state index in [4.69, 9.17) is 17.3 Å². The molecule has 7 heteroatoms. The number of nitrogens with two attached hydrogens (primary N) is 1. The Hall–Kier alpha value is -1.27. The highest BCUT2D eigenvalue weighted by Gasteiger charge is 2.31. The van der Waals surface area contributed by atoms with Gasteiger partial charge in [-0.15, -0.1) is 0 Å². The molecule has 0 radical (unpaired) electrons. The average Bonchev–Trinajstić information content (AvgIpc) is 2.34. The molecule has 0 fully saturated rings. The van der Waals surface area contributed by atoms with Crippen LogP contribution in [-0.4, -0.2) is 11.9 Å². The first-order chi connectivity index (χ1) is 9.24. The van der Waals surface area contributed by atoms with Crippen LogP contribution in [-0.2, 0) is 11.0 Å². The van der Waals surface area contributed by atoms with Crippen molar-refractivity contribution in [1.29, 1.82) is 0 Å². The number of anilines is 1. The van der Waals surface area contributed by atoms with E-state index in [1.165, 1.54) is 6.07 Å². The van der Waals surface area contributed by atoms with Gasteiger partial charge in [0.2, 0.25) is 5.91 Å². The van der Waals surface area contributed by atoms with E-state index in [0.29, 0.717) is 6.42 Å². The second-order valence-corrected chi connectivity index (χ2v) is 4.90. The number of halogens is 4. The molecule has 3 N–H and O–H groups in total. The molecule has 3 nitrogen and oxygen atoms in total. The summed E-state index contributed by atoms with van der Waals surface area (Å²) in [6, 6.07) is 2.13. The van der Waals surface area contributed by atoms with Gasteiger partial charge in [0.15, 0.2) is 0 Å². The number of benzene rings is 1. The number of rotatable bonds is 5. The molecule has 0 saturated heterocycles. The van der Waals surface area contributed by atoms with Crippen molar-refractivity contribution in [3.8, 4) is 0 Å². The highest BCUT2D eigenvalue weighted by atomic mass is 35.5. The average molecular weight is 309 g/mol. The molecule has 0 aliphatic heterocycles. The summed E-state index contributed by atoms with van der Waals surface area (Å²) in [6.45, 7) is 1.96. The highest BCUT2D eigenvalue weighted by molar-refractivity contribution is 6.31. The van der Waals surface area contributed by atoms with Crippen LogP contribution in [0.2, 0.25) is 5.02 Å². The number of carbonyl (C=O) groups excluding carboxylic acids is 1. The largest absolute Gasteiger partial charge is 0.416 e. The van der Waals surface area contributed by atoms with Crippen LogP contribution in [0.1, 0.15) is 31.7 Å². The van der Waals surface area contributed by atoms with Gasteiger partial charge in [0.1, 0.15) is 0 Å². The van der Waals surface area contributed by atoms with Gasteiger partial charge in [-0.1, -0.05) is 31.4 Å². The molecule has 1 amide bonds. The van der Waals surface area contributed by atoms with E-state index in [0.717, 1.165) is 25.0 Å². The van der Waals surface area contributed by atoms with Crippen molar-refractivity contribution in [2.75, 3.05) is 5.32 Å². The lowest BCUT2D eigenvalue weighted by Gasteiger charge is -2.14. The molecule has 1 atom stereocenters. The minimum Gasteiger partial charge on any atom is -0.325 e. The van der Waals surface area contributed by atoms with Crippen molar-refractivity contribution < 1.29 is 18.0 Å². The summed E-state index contributed by atoms with van der Waals surface area (Å²) in [6.07, 6.45) is -2.38. The molecule has 0 bridgehead atoms. The Morgan fingerprint density at radius 2 is 2.05 bits per heavy atom. The number of nitrogens with one attached hydrogen (secondary N) is 1. The molecule has 0 spiro atoms. The van der Waals surface area contributed by atoms with Gasteiger partial charge in [0.05, 0.1) is 11.6 Å². The van der Waals surface area contributed by atoms with Gasteiger partial charge in [0.25, 0.3) is 0 Å². The first-order valence-electron chi connectivity index (χ1n) is 6.18. The second kappa shape index (κ2) is 6.95. The van der Waals surface area contributed by atoms with Gasteiger partial charge in [-0.2, -0.15) is 13.2 Å². The molecule has 20 heavy (non-hydrogen) atoms. The van der Waals surface area contributed by atoms with Crippen LogP contribution in [0.4, 0.5) is 18.9 Å². The zero-order valence-corrected chi connectivity index (χ0v) is 11.7. The van der Waals surface area contributed by atoms with Crippen LogP contribution in [0, 0.1) is 0 Å². The summed E-state index contributed by atoms with van der Waals surface area (Å²) in [4.78, 5) is 11.7. The number of alkyl halides is 3. The van der Waals surface area contributed by atoms with Gasteiger partial charge in [-0.3, -0.25) is 4.79 Å². The molecule has 1 aromatic carbocycles. The molecule has 0 saturated carbocycles. The summed E-state index contributed by atoms with van der Waals surface area (Å²) >= 11 is 5.62. The fraction of sp³-hybridized carbons (Fsp3) is 0.462. The van der Waals surface area contributed by atoms with Crippen LogP contribution in [0.3, 0.4) is 0 Å². The second-order valence-electron chi connectivity index (χ2n) is 4.46. The lowest BCUT2D eigenvalue weighted by molar-refractivity contribution is -0.137. The van der Waals surface area contributed by atoms with Crippen molar-refractivity contribution >= 4 is 23.2 Å². The summed E-state index contributed by atoms with van der Waals surface area (Å²) < 4.78 is 37.8. The summed E-state index contributed by atoms with van der Waals surface area (Å²) in [5.41, 5.74) is 4.72. The van der Waals surface area contributed by atoms with Crippen molar-refractivity contribution in [3.05, 3.63) is 28.8 Å². The van der Waals surface area contributed by atoms with Crippen molar-refractivity contribution in [3.63, 3.8) is 0 Å². The normalized spacial score (nSPS) is 13.1. The van der Waals surface area contributed by atoms with Gasteiger partial charge in [-0.05, 0) is 24.6 Å². The van der Waals surface area contributed by atoms with Gasteiger partial charge in [0, 0.05) is 10.7 Å². The molecule has 0 aromatic heterocycles. The number of amides is 1. The van der Waals surface area contributed by atoms with Crippen molar-refractivity contribution in [2.24, 2.45) is 5.73 Å². The third kappa shape index (κ3) is 5.02. The first-order valence-corrected chi connectivity index (χ1v) is 6.56. The zero-order chi connectivity index (χ0) is 15.3. The first kappa shape index (κ1) is 16.8. The number of hydrogen-bond donors (Lipinski definition) is 2. The van der Waals surface area contributed by atoms with Crippen LogP contribution in [0.5, 0.6) is 0 Å². The Labute approximate surface area is 120 Å². The van der Waals surface area contributed by atoms with Gasteiger partial charge < -0.3 is 11.1 Å². The molecule has 0 heterocycles. The molecule has 0 aliphatic carbocycles. The van der Waals surface area contributed by atoms with E-state index in [9.17, 15) is 18.0 Å². The lowest BCUT2D eigenvalue weighted by atomic mass is 10.1. The van der Waals surface area contributed by atoms with E-state index in [1.54, 1.807) is 0 Å². The molecule has 1 aromatic rings. The molecule has 1 rings (SSSR count). The Morgan fingerprint density at radius 3 is 2.60 bits per heavy atom. The van der Waals surface area contributed by atoms with Crippen LogP contribution in [0.25, 0.3) is 0 Å². The quantitative estimate of drug-likeness (QED) is 0.869. The maximum Gasteiger partial charge on any atom is 0.416 e. The summed E-state index contributed by atoms with van der Waals surface area (Å²) in [5.74, 6) is -0.520. The van der Waals surface area contributed by atoms with Gasteiger partial charge >= 0.3 is 6.18 Å². The highest BCUT2D eigenvalue weighted by Crippen LogP contribution is 2.33. The van der Waals surface area contributed by atoms with Gasteiger partial charge in [-0.25, -0.2) is 0 Å². The van der Waals surface area contributed by atoms with E-state index in [2.05, 4.69) is 5.32 Å². The summed E-state index contributed by atoms with van der Waals surface area (Å²) in [7, 11) is 0. The minimum atomic E-state index is -4.52. The SMILES string of the molecule is CCCCC(N)C(=O)Nc1cc(Cl)cc(C(F)(F)F)c1. The maximum atomic E-state index is 12.6. The minimum absolute atomic E-state index is 0.0122. The fourth-order valence-corrected chi connectivity index (χ4v) is 1.85. The number of carbonyl (C=O) groups is 1. The fourth-order valence-electron chi connectivity index (χ4n) is 1.62. The van der Waals surface area contributed by atoms with E-state index < -0.39 is 23.7 Å². The van der Waals surface area contributed by atoms with E-state index >= 15 is 0 Å². The third-order valence-electron chi connectivity index (χ3n) is 2.70.